The molecule has 2 aromatic heterocycles. The number of hydrogen-bond acceptors (Lipinski definition) is 6. The smallest absolute Gasteiger partial charge is 0.250 e. The molecule has 4 aromatic rings. The Balaban J connectivity index is 1.61. The van der Waals surface area contributed by atoms with Crippen molar-refractivity contribution in [2.45, 2.75) is 12.1 Å². The second kappa shape index (κ2) is 9.51. The van der Waals surface area contributed by atoms with Crippen LogP contribution in [0.3, 0.4) is 0 Å². The van der Waals surface area contributed by atoms with Crippen LogP contribution in [-0.2, 0) is 4.79 Å². The topological polar surface area (TPSA) is 72.2 Å². The van der Waals surface area contributed by atoms with Crippen LogP contribution in [0.2, 0.25) is 0 Å². The monoisotopic (exact) mass is 433 g/mol. The summed E-state index contributed by atoms with van der Waals surface area (Å²) in [6.45, 7) is 2.07. The number of thiazole rings is 1. The zero-order chi connectivity index (χ0) is 20.8. The van der Waals surface area contributed by atoms with Crippen molar-refractivity contribution in [2.75, 3.05) is 5.75 Å². The SMILES string of the molecule is Cc1ccc(-c2cs/c(=N/NC(=O)CSc3ncccn3)n2-c2ccccc2)cc1. The molecule has 0 fully saturated rings. The van der Waals surface area contributed by atoms with Gasteiger partial charge in [0.25, 0.3) is 5.91 Å². The van der Waals surface area contributed by atoms with Crippen molar-refractivity contribution < 1.29 is 4.79 Å². The molecule has 2 heterocycles. The molecule has 0 radical (unpaired) electrons. The highest BCUT2D eigenvalue weighted by Crippen LogP contribution is 2.23. The predicted molar refractivity (Wildman–Crippen MR) is 120 cm³/mol. The molecule has 0 aliphatic carbocycles. The van der Waals surface area contributed by atoms with Crippen LogP contribution in [0.25, 0.3) is 16.9 Å². The van der Waals surface area contributed by atoms with Crippen molar-refractivity contribution in [3.63, 3.8) is 0 Å². The zero-order valence-electron chi connectivity index (χ0n) is 16.2. The fraction of sp³-hybridized carbons (Fsp3) is 0.0909. The van der Waals surface area contributed by atoms with Crippen molar-refractivity contribution in [1.82, 2.24) is 20.0 Å². The van der Waals surface area contributed by atoms with Gasteiger partial charge >= 0.3 is 0 Å². The van der Waals surface area contributed by atoms with E-state index in [1.165, 1.54) is 28.7 Å². The Bertz CT molecular complexity index is 1190. The number of thioether (sulfide) groups is 1. The molecule has 150 valence electrons. The first-order valence-electron chi connectivity index (χ1n) is 9.26. The second-order valence-electron chi connectivity index (χ2n) is 6.41. The van der Waals surface area contributed by atoms with Crippen molar-refractivity contribution in [2.24, 2.45) is 5.10 Å². The largest absolute Gasteiger partial charge is 0.284 e. The van der Waals surface area contributed by atoms with E-state index in [9.17, 15) is 4.79 Å². The minimum atomic E-state index is -0.211. The lowest BCUT2D eigenvalue weighted by Gasteiger charge is -2.09. The maximum Gasteiger partial charge on any atom is 0.250 e. The molecule has 30 heavy (non-hydrogen) atoms. The van der Waals surface area contributed by atoms with Gasteiger partial charge in [0.2, 0.25) is 4.80 Å². The normalized spacial score (nSPS) is 11.4. The van der Waals surface area contributed by atoms with Crippen LogP contribution in [0.5, 0.6) is 0 Å². The Kier molecular flexibility index (Phi) is 6.36. The van der Waals surface area contributed by atoms with E-state index in [-0.39, 0.29) is 11.7 Å². The summed E-state index contributed by atoms with van der Waals surface area (Å²) in [6, 6.07) is 20.1. The molecule has 0 bridgehead atoms. The number of nitrogens with zero attached hydrogens (tertiary/aromatic N) is 4. The number of rotatable bonds is 6. The van der Waals surface area contributed by atoms with Gasteiger partial charge in [0.1, 0.15) is 0 Å². The molecule has 4 rings (SSSR count). The first kappa shape index (κ1) is 20.1. The molecular formula is C22H19N5OS2. The van der Waals surface area contributed by atoms with Gasteiger partial charge in [0.15, 0.2) is 5.16 Å². The van der Waals surface area contributed by atoms with Crippen LogP contribution in [0, 0.1) is 6.92 Å². The van der Waals surface area contributed by atoms with Gasteiger partial charge in [-0.1, -0.05) is 59.8 Å². The van der Waals surface area contributed by atoms with Crippen LogP contribution in [-0.4, -0.2) is 26.2 Å². The van der Waals surface area contributed by atoms with Gasteiger partial charge in [-0.05, 0) is 30.7 Å². The highest BCUT2D eigenvalue weighted by Gasteiger charge is 2.11. The van der Waals surface area contributed by atoms with E-state index in [4.69, 9.17) is 0 Å². The zero-order valence-corrected chi connectivity index (χ0v) is 17.9. The highest BCUT2D eigenvalue weighted by atomic mass is 32.2. The number of amides is 1. The number of benzene rings is 2. The second-order valence-corrected chi connectivity index (χ2v) is 8.19. The summed E-state index contributed by atoms with van der Waals surface area (Å²) in [7, 11) is 0. The summed E-state index contributed by atoms with van der Waals surface area (Å²) in [4.78, 5) is 21.2. The van der Waals surface area contributed by atoms with E-state index in [2.05, 4.69) is 57.1 Å². The molecule has 0 aliphatic heterocycles. The quantitative estimate of drug-likeness (QED) is 0.283. The number of hydrogen-bond donors (Lipinski definition) is 1. The third kappa shape index (κ3) is 4.84. The molecule has 0 atom stereocenters. The van der Waals surface area contributed by atoms with E-state index in [0.29, 0.717) is 9.96 Å². The van der Waals surface area contributed by atoms with Crippen LogP contribution in [0.15, 0.2) is 88.7 Å². The summed E-state index contributed by atoms with van der Waals surface area (Å²) in [5.74, 6) is -0.0213. The van der Waals surface area contributed by atoms with Gasteiger partial charge in [0.05, 0.1) is 11.4 Å². The van der Waals surface area contributed by atoms with E-state index >= 15 is 0 Å². The minimum Gasteiger partial charge on any atom is -0.284 e. The number of aromatic nitrogens is 3. The Morgan fingerprint density at radius 1 is 1.07 bits per heavy atom. The maximum absolute atomic E-state index is 12.3. The summed E-state index contributed by atoms with van der Waals surface area (Å²) in [6.07, 6.45) is 3.30. The molecular weight excluding hydrogens is 414 g/mol. The molecule has 1 amide bonds. The summed E-state index contributed by atoms with van der Waals surface area (Å²) < 4.78 is 2.04. The molecule has 0 spiro atoms. The van der Waals surface area contributed by atoms with Crippen molar-refractivity contribution in [1.29, 1.82) is 0 Å². The summed E-state index contributed by atoms with van der Waals surface area (Å²) in [5, 5.41) is 7.00. The third-order valence-corrected chi connectivity index (χ3v) is 5.92. The van der Waals surface area contributed by atoms with Crippen LogP contribution in [0.4, 0.5) is 0 Å². The fourth-order valence-electron chi connectivity index (χ4n) is 2.77. The number of carbonyl (C=O) groups is 1. The third-order valence-electron chi connectivity index (χ3n) is 4.22. The van der Waals surface area contributed by atoms with Crippen LogP contribution >= 0.6 is 23.1 Å². The molecule has 0 saturated carbocycles. The molecule has 0 saturated heterocycles. The van der Waals surface area contributed by atoms with Crippen LogP contribution in [0.1, 0.15) is 5.56 Å². The Morgan fingerprint density at radius 2 is 1.80 bits per heavy atom. The van der Waals surface area contributed by atoms with E-state index in [0.717, 1.165) is 16.9 Å². The molecule has 2 aromatic carbocycles. The lowest BCUT2D eigenvalue weighted by Crippen LogP contribution is -2.25. The first-order chi connectivity index (χ1) is 14.7. The van der Waals surface area contributed by atoms with Crippen molar-refractivity contribution in [3.8, 4) is 16.9 Å². The predicted octanol–water partition coefficient (Wildman–Crippen LogP) is 4.03. The van der Waals surface area contributed by atoms with Crippen LogP contribution < -0.4 is 10.2 Å². The molecule has 8 heteroatoms. The van der Waals surface area contributed by atoms with Gasteiger partial charge in [-0.25, -0.2) is 15.4 Å². The van der Waals surface area contributed by atoms with Gasteiger partial charge in [0, 0.05) is 23.5 Å². The number of para-hydroxylation sites is 1. The lowest BCUT2D eigenvalue weighted by molar-refractivity contribution is -0.118. The highest BCUT2D eigenvalue weighted by molar-refractivity contribution is 7.99. The van der Waals surface area contributed by atoms with Crippen molar-refractivity contribution >= 4 is 29.0 Å². The lowest BCUT2D eigenvalue weighted by atomic mass is 10.1. The standard InChI is InChI=1S/C22H19N5OS2/c1-16-8-10-17(11-9-16)19-14-30-22(27(19)18-6-3-2-4-7-18)26-25-20(28)15-29-21-23-12-5-13-24-21/h2-14H,15H2,1H3,(H,25,28)/b26-22+. The number of nitrogens with one attached hydrogen (secondary N) is 1. The Labute approximate surface area is 182 Å². The van der Waals surface area contributed by atoms with E-state index < -0.39 is 0 Å². The molecule has 1 N–H and O–H groups in total. The summed E-state index contributed by atoms with van der Waals surface area (Å²) in [5.41, 5.74) is 6.95. The molecule has 0 aliphatic rings. The van der Waals surface area contributed by atoms with Gasteiger partial charge in [-0.3, -0.25) is 9.36 Å². The average Bonchev–Trinajstić information content (AvgIpc) is 3.22. The first-order valence-corrected chi connectivity index (χ1v) is 11.1. The molecule has 6 nitrogen and oxygen atoms in total. The average molecular weight is 434 g/mol. The molecule has 0 unspecified atom stereocenters. The van der Waals surface area contributed by atoms with E-state index in [1.54, 1.807) is 18.5 Å². The number of aryl methyl sites for hydroxylation is 1. The van der Waals surface area contributed by atoms with Gasteiger partial charge < -0.3 is 0 Å². The Morgan fingerprint density at radius 3 is 2.53 bits per heavy atom. The maximum atomic E-state index is 12.3. The summed E-state index contributed by atoms with van der Waals surface area (Å²) >= 11 is 2.75. The minimum absolute atomic E-state index is 0.190. The number of carbonyl (C=O) groups excluding carboxylic acids is 1. The van der Waals surface area contributed by atoms with E-state index in [1.807, 2.05) is 34.9 Å². The van der Waals surface area contributed by atoms with Crippen molar-refractivity contribution in [3.05, 3.63) is 88.8 Å². The van der Waals surface area contributed by atoms with Gasteiger partial charge in [-0.15, -0.1) is 16.4 Å². The Hall–Kier alpha value is -3.23. The fourth-order valence-corrected chi connectivity index (χ4v) is 4.24. The van der Waals surface area contributed by atoms with Gasteiger partial charge in [-0.2, -0.15) is 0 Å².